The summed E-state index contributed by atoms with van der Waals surface area (Å²) in [4.78, 5) is 0. The van der Waals surface area contributed by atoms with Crippen LogP contribution in [-0.2, 0) is 17.6 Å². The van der Waals surface area contributed by atoms with E-state index >= 15 is 0 Å². The summed E-state index contributed by atoms with van der Waals surface area (Å²) in [5, 5.41) is 9.96. The molecule has 3 aromatic rings. The van der Waals surface area contributed by atoms with E-state index in [-0.39, 0.29) is 34.8 Å². The number of epoxide rings is 1. The highest BCUT2D eigenvalue weighted by molar-refractivity contribution is 5.65. The number of ether oxygens (including phenoxy) is 1. The lowest BCUT2D eigenvalue weighted by Crippen LogP contribution is -2.06. The van der Waals surface area contributed by atoms with Crippen molar-refractivity contribution >= 4 is 0 Å². The van der Waals surface area contributed by atoms with Crippen molar-refractivity contribution in [3.8, 4) is 11.1 Å². The van der Waals surface area contributed by atoms with E-state index in [1.165, 1.54) is 24.3 Å². The predicted octanol–water partition coefficient (Wildman–Crippen LogP) is 6.60. The van der Waals surface area contributed by atoms with Gasteiger partial charge >= 0.3 is 0 Å². The lowest BCUT2D eigenvalue weighted by Gasteiger charge is -2.13. The fourth-order valence-electron chi connectivity index (χ4n) is 3.88. The maximum Gasteiger partial charge on any atom is 0.167 e. The molecule has 0 aromatic heterocycles. The van der Waals surface area contributed by atoms with E-state index in [1.54, 1.807) is 24.3 Å². The maximum absolute atomic E-state index is 14.5. The third-order valence-corrected chi connectivity index (χ3v) is 5.85. The van der Waals surface area contributed by atoms with Crippen LogP contribution in [0.3, 0.4) is 0 Å². The highest BCUT2D eigenvalue weighted by Crippen LogP contribution is 2.35. The molecule has 2 unspecified atom stereocenters. The summed E-state index contributed by atoms with van der Waals surface area (Å²) < 4.78 is 62.6. The molecule has 2 atom stereocenters. The van der Waals surface area contributed by atoms with Crippen molar-refractivity contribution in [3.05, 3.63) is 94.1 Å². The minimum Gasteiger partial charge on any atom is -0.388 e. The monoisotopic (exact) mass is 444 g/mol. The Hall–Kier alpha value is -2.70. The predicted molar refractivity (Wildman–Crippen MR) is 114 cm³/mol. The first-order chi connectivity index (χ1) is 15.4. The van der Waals surface area contributed by atoms with Crippen molar-refractivity contribution in [2.75, 3.05) is 6.61 Å². The van der Waals surface area contributed by atoms with E-state index in [1.807, 2.05) is 6.92 Å². The number of halogens is 4. The molecule has 3 aromatic carbocycles. The van der Waals surface area contributed by atoms with Gasteiger partial charge in [-0.25, -0.2) is 17.6 Å². The van der Waals surface area contributed by atoms with E-state index in [9.17, 15) is 22.7 Å². The Morgan fingerprint density at radius 1 is 0.875 bits per heavy atom. The number of aliphatic hydroxyl groups excluding tert-OH is 1. The summed E-state index contributed by atoms with van der Waals surface area (Å²) in [6, 6.07) is 12.9. The van der Waals surface area contributed by atoms with Crippen LogP contribution in [0.5, 0.6) is 0 Å². The van der Waals surface area contributed by atoms with Crippen molar-refractivity contribution in [2.45, 2.75) is 44.8 Å². The third kappa shape index (κ3) is 4.57. The Balaban J connectivity index is 1.46. The molecule has 32 heavy (non-hydrogen) atoms. The van der Waals surface area contributed by atoms with Gasteiger partial charge in [-0.05, 0) is 36.0 Å². The second-order valence-corrected chi connectivity index (χ2v) is 8.10. The molecular formula is C26H24F4O2. The molecule has 0 radical (unpaired) electrons. The number of aryl methyl sites for hydroxylation is 2. The van der Waals surface area contributed by atoms with Gasteiger partial charge in [-0.2, -0.15) is 0 Å². The fraction of sp³-hybridized carbons (Fsp3) is 0.308. The first-order valence-corrected chi connectivity index (χ1v) is 10.7. The summed E-state index contributed by atoms with van der Waals surface area (Å²) in [6.07, 6.45) is 0.356. The van der Waals surface area contributed by atoms with E-state index < -0.39 is 29.4 Å². The molecule has 6 heteroatoms. The topological polar surface area (TPSA) is 32.8 Å². The molecule has 0 aliphatic carbocycles. The Morgan fingerprint density at radius 3 is 2.25 bits per heavy atom. The first-order valence-electron chi connectivity index (χ1n) is 10.7. The molecule has 1 heterocycles. The molecular weight excluding hydrogens is 420 g/mol. The Kier molecular flexibility index (Phi) is 6.63. The van der Waals surface area contributed by atoms with Crippen LogP contribution in [0.2, 0.25) is 0 Å². The fourth-order valence-corrected chi connectivity index (χ4v) is 3.88. The van der Waals surface area contributed by atoms with Crippen molar-refractivity contribution in [3.63, 3.8) is 0 Å². The van der Waals surface area contributed by atoms with Crippen molar-refractivity contribution < 1.29 is 27.4 Å². The second-order valence-electron chi connectivity index (χ2n) is 8.10. The van der Waals surface area contributed by atoms with E-state index in [0.29, 0.717) is 31.4 Å². The average Bonchev–Trinajstić information content (AvgIpc) is 3.62. The van der Waals surface area contributed by atoms with Gasteiger partial charge in [-0.3, -0.25) is 0 Å². The molecule has 1 fully saturated rings. The van der Waals surface area contributed by atoms with E-state index in [4.69, 9.17) is 4.74 Å². The van der Waals surface area contributed by atoms with Gasteiger partial charge in [0.15, 0.2) is 23.3 Å². The molecule has 0 bridgehead atoms. The molecule has 1 saturated heterocycles. The molecule has 1 aliphatic rings. The molecule has 4 rings (SSSR count). The second kappa shape index (κ2) is 9.43. The van der Waals surface area contributed by atoms with Gasteiger partial charge in [-0.15, -0.1) is 0 Å². The number of hydrogen-bond acceptors (Lipinski definition) is 2. The van der Waals surface area contributed by atoms with Gasteiger partial charge < -0.3 is 9.84 Å². The third-order valence-electron chi connectivity index (χ3n) is 5.85. The largest absolute Gasteiger partial charge is 0.388 e. The van der Waals surface area contributed by atoms with Crippen LogP contribution in [0.1, 0.15) is 54.2 Å². The number of rotatable bonds is 8. The normalized spacial score (nSPS) is 16.2. The number of aliphatic hydroxyl groups is 1. The number of benzene rings is 3. The average molecular weight is 444 g/mol. The van der Waals surface area contributed by atoms with Crippen LogP contribution in [-0.4, -0.2) is 11.7 Å². The maximum atomic E-state index is 14.5. The highest BCUT2D eigenvalue weighted by Gasteiger charge is 2.30. The van der Waals surface area contributed by atoms with Gasteiger partial charge in [0, 0.05) is 16.7 Å². The van der Waals surface area contributed by atoms with Crippen LogP contribution < -0.4 is 0 Å². The van der Waals surface area contributed by atoms with Gasteiger partial charge in [-0.1, -0.05) is 61.9 Å². The van der Waals surface area contributed by atoms with Crippen LogP contribution in [0.15, 0.2) is 48.5 Å². The molecule has 0 saturated carbocycles. The summed E-state index contributed by atoms with van der Waals surface area (Å²) in [6.45, 7) is 2.26. The van der Waals surface area contributed by atoms with Crippen molar-refractivity contribution in [1.29, 1.82) is 0 Å². The minimum absolute atomic E-state index is 0.0222. The summed E-state index contributed by atoms with van der Waals surface area (Å²) in [7, 11) is 0. The van der Waals surface area contributed by atoms with Gasteiger partial charge in [0.25, 0.3) is 0 Å². The van der Waals surface area contributed by atoms with Gasteiger partial charge in [0.2, 0.25) is 0 Å². The van der Waals surface area contributed by atoms with E-state index in [0.717, 1.165) is 5.56 Å². The number of hydrogen-bond donors (Lipinski definition) is 1. The molecule has 1 N–H and O–H groups in total. The molecule has 1 aliphatic heterocycles. The molecule has 0 amide bonds. The smallest absolute Gasteiger partial charge is 0.167 e. The Labute approximate surface area is 184 Å². The summed E-state index contributed by atoms with van der Waals surface area (Å²) in [5.41, 5.74) is 1.97. The van der Waals surface area contributed by atoms with Crippen LogP contribution in [0.4, 0.5) is 17.6 Å². The van der Waals surface area contributed by atoms with E-state index in [2.05, 4.69) is 0 Å². The molecule has 2 nitrogen and oxygen atoms in total. The summed E-state index contributed by atoms with van der Waals surface area (Å²) >= 11 is 0. The zero-order valence-electron chi connectivity index (χ0n) is 17.7. The zero-order valence-corrected chi connectivity index (χ0v) is 17.7. The summed E-state index contributed by atoms with van der Waals surface area (Å²) in [5.74, 6) is -3.74. The minimum atomic E-state index is -1.02. The Bertz CT molecular complexity index is 1110. The lowest BCUT2D eigenvalue weighted by atomic mass is 9.97. The molecule has 168 valence electrons. The quantitative estimate of drug-likeness (QED) is 0.314. The first kappa shape index (κ1) is 22.5. The van der Waals surface area contributed by atoms with Gasteiger partial charge in [0.05, 0.1) is 12.7 Å². The van der Waals surface area contributed by atoms with Crippen molar-refractivity contribution in [2.24, 2.45) is 0 Å². The van der Waals surface area contributed by atoms with Gasteiger partial charge in [0.1, 0.15) is 6.10 Å². The van der Waals surface area contributed by atoms with Crippen LogP contribution >= 0.6 is 0 Å². The van der Waals surface area contributed by atoms with Crippen LogP contribution in [0, 0.1) is 23.3 Å². The standard InChI is InChI=1S/C26H24F4O2/c1-2-3-21(31)19-11-10-17(23(27)25(19)29)9-6-15-4-7-16(8-5-15)18-12-13-20(22-14-32-22)26(30)24(18)28/h4-5,7-8,10-13,21-22,31H,2-3,6,9,14H2,1H3. The lowest BCUT2D eigenvalue weighted by molar-refractivity contribution is 0.160. The van der Waals surface area contributed by atoms with Crippen LogP contribution in [0.25, 0.3) is 11.1 Å². The zero-order chi connectivity index (χ0) is 22.8. The Morgan fingerprint density at radius 2 is 1.59 bits per heavy atom. The SMILES string of the molecule is CCCC(O)c1ccc(CCc2ccc(-c3ccc(C4CO4)c(F)c3F)cc2)c(F)c1F. The molecule has 0 spiro atoms. The highest BCUT2D eigenvalue weighted by atomic mass is 19.2. The van der Waals surface area contributed by atoms with Crippen molar-refractivity contribution in [1.82, 2.24) is 0 Å².